The van der Waals surface area contributed by atoms with Gasteiger partial charge in [-0.2, -0.15) is 0 Å². The number of benzene rings is 3. The van der Waals surface area contributed by atoms with E-state index in [0.29, 0.717) is 16.8 Å². The Labute approximate surface area is 187 Å². The van der Waals surface area contributed by atoms with Gasteiger partial charge in [0.15, 0.2) is 0 Å². The van der Waals surface area contributed by atoms with Crippen LogP contribution in [0.15, 0.2) is 72.3 Å². The van der Waals surface area contributed by atoms with Crippen LogP contribution < -0.4 is 4.90 Å². The highest BCUT2D eigenvalue weighted by Crippen LogP contribution is 2.43. The Balaban J connectivity index is 1.94. The zero-order valence-corrected chi connectivity index (χ0v) is 18.3. The predicted molar refractivity (Wildman–Crippen MR) is 125 cm³/mol. The quantitative estimate of drug-likeness (QED) is 0.341. The normalized spacial score (nSPS) is 17.7. The van der Waals surface area contributed by atoms with E-state index < -0.39 is 17.7 Å². The summed E-state index contributed by atoms with van der Waals surface area (Å²) in [6, 6.07) is 18.5. The summed E-state index contributed by atoms with van der Waals surface area (Å²) in [5.74, 6) is -1.56. The van der Waals surface area contributed by atoms with Crippen LogP contribution in [0.3, 0.4) is 0 Å². The molecule has 0 saturated carbocycles. The molecule has 1 fully saturated rings. The number of hydrogen-bond donors (Lipinski definition) is 2. The zero-order chi connectivity index (χ0) is 23.0. The first kappa shape index (κ1) is 21.4. The molecule has 1 saturated heterocycles. The number of phenolic OH excluding ortho intramolecular Hbond substituents is 1. The molecule has 3 aromatic rings. The van der Waals surface area contributed by atoms with E-state index in [0.717, 1.165) is 23.1 Å². The number of hydrogen-bond acceptors (Lipinski definition) is 4. The molecule has 162 valence electrons. The number of aryl methyl sites for hydroxylation is 3. The first-order valence-corrected chi connectivity index (χ1v) is 10.6. The standard InChI is InChI=1S/C27H25NO4/c1-4-18-6-8-20(9-7-18)25(30)23-24(19-10-12-21(29)13-11-19)28(27(32)26(23)31)22-14-5-16(2)15-17(22)3/h5-15,24,29-30H,4H2,1-3H3/b25-23+. The summed E-state index contributed by atoms with van der Waals surface area (Å²) in [7, 11) is 0. The Morgan fingerprint density at radius 2 is 1.59 bits per heavy atom. The molecule has 4 rings (SSSR count). The van der Waals surface area contributed by atoms with Crippen LogP contribution in [0.2, 0.25) is 0 Å². The van der Waals surface area contributed by atoms with E-state index in [1.54, 1.807) is 24.3 Å². The van der Waals surface area contributed by atoms with Crippen LogP contribution in [0, 0.1) is 13.8 Å². The van der Waals surface area contributed by atoms with Crippen molar-refractivity contribution in [3.8, 4) is 5.75 Å². The van der Waals surface area contributed by atoms with Crippen molar-refractivity contribution in [2.75, 3.05) is 4.90 Å². The third kappa shape index (κ3) is 3.66. The van der Waals surface area contributed by atoms with E-state index in [-0.39, 0.29) is 17.1 Å². The minimum Gasteiger partial charge on any atom is -0.508 e. The average Bonchev–Trinajstić information content (AvgIpc) is 3.04. The third-order valence-corrected chi connectivity index (χ3v) is 5.90. The second-order valence-corrected chi connectivity index (χ2v) is 8.10. The van der Waals surface area contributed by atoms with Gasteiger partial charge in [0.2, 0.25) is 0 Å². The van der Waals surface area contributed by atoms with Crippen molar-refractivity contribution in [1.29, 1.82) is 0 Å². The Morgan fingerprint density at radius 1 is 0.938 bits per heavy atom. The molecule has 0 bridgehead atoms. The highest BCUT2D eigenvalue weighted by molar-refractivity contribution is 6.51. The van der Waals surface area contributed by atoms with Crippen molar-refractivity contribution in [3.05, 3.63) is 100 Å². The summed E-state index contributed by atoms with van der Waals surface area (Å²) in [6.45, 7) is 5.89. The van der Waals surface area contributed by atoms with Crippen molar-refractivity contribution < 1.29 is 19.8 Å². The lowest BCUT2D eigenvalue weighted by Gasteiger charge is -2.27. The van der Waals surface area contributed by atoms with Gasteiger partial charge in [0.1, 0.15) is 11.5 Å². The molecule has 1 aliphatic rings. The molecule has 0 aliphatic carbocycles. The Bertz CT molecular complexity index is 1220. The lowest BCUT2D eigenvalue weighted by molar-refractivity contribution is -0.132. The van der Waals surface area contributed by atoms with E-state index >= 15 is 0 Å². The van der Waals surface area contributed by atoms with Crippen molar-refractivity contribution in [1.82, 2.24) is 0 Å². The topological polar surface area (TPSA) is 77.8 Å². The Morgan fingerprint density at radius 3 is 2.19 bits per heavy atom. The number of carbonyl (C=O) groups excluding carboxylic acids is 2. The number of aromatic hydroxyl groups is 1. The molecule has 3 aromatic carbocycles. The van der Waals surface area contributed by atoms with E-state index in [1.807, 2.05) is 51.1 Å². The van der Waals surface area contributed by atoms with Crippen LogP contribution in [0.4, 0.5) is 5.69 Å². The van der Waals surface area contributed by atoms with Crippen molar-refractivity contribution >= 4 is 23.1 Å². The molecule has 1 atom stereocenters. The van der Waals surface area contributed by atoms with Gasteiger partial charge in [0.05, 0.1) is 11.6 Å². The fraction of sp³-hybridized carbons (Fsp3) is 0.185. The number of rotatable bonds is 4. The van der Waals surface area contributed by atoms with Crippen molar-refractivity contribution in [2.24, 2.45) is 0 Å². The number of nitrogens with zero attached hydrogens (tertiary/aromatic N) is 1. The summed E-state index contributed by atoms with van der Waals surface area (Å²) in [4.78, 5) is 27.9. The van der Waals surface area contributed by atoms with Gasteiger partial charge in [-0.15, -0.1) is 0 Å². The van der Waals surface area contributed by atoms with Gasteiger partial charge < -0.3 is 10.2 Å². The van der Waals surface area contributed by atoms with E-state index in [1.165, 1.54) is 17.0 Å². The fourth-order valence-corrected chi connectivity index (χ4v) is 4.18. The van der Waals surface area contributed by atoms with E-state index in [4.69, 9.17) is 0 Å². The van der Waals surface area contributed by atoms with Gasteiger partial charge in [-0.05, 0) is 55.2 Å². The molecule has 32 heavy (non-hydrogen) atoms. The molecule has 5 nitrogen and oxygen atoms in total. The average molecular weight is 428 g/mol. The molecular formula is C27H25NO4. The number of Topliss-reactive ketones (excluding diaryl/α,β-unsaturated/α-hetero) is 1. The monoisotopic (exact) mass is 427 g/mol. The highest BCUT2D eigenvalue weighted by atomic mass is 16.3. The maximum absolute atomic E-state index is 13.2. The molecule has 0 spiro atoms. The molecule has 1 aliphatic heterocycles. The minimum atomic E-state index is -0.817. The van der Waals surface area contributed by atoms with E-state index in [9.17, 15) is 19.8 Å². The van der Waals surface area contributed by atoms with Crippen LogP contribution in [-0.4, -0.2) is 21.9 Å². The number of aliphatic hydroxyl groups is 1. The van der Waals surface area contributed by atoms with Gasteiger partial charge in [-0.1, -0.05) is 61.0 Å². The maximum Gasteiger partial charge on any atom is 0.300 e. The van der Waals surface area contributed by atoms with Crippen LogP contribution in [0.1, 0.15) is 40.8 Å². The number of ketones is 1. The van der Waals surface area contributed by atoms with Crippen LogP contribution in [-0.2, 0) is 16.0 Å². The number of anilines is 1. The van der Waals surface area contributed by atoms with Gasteiger partial charge in [0.25, 0.3) is 11.7 Å². The second kappa shape index (κ2) is 8.35. The number of amides is 1. The summed E-state index contributed by atoms with van der Waals surface area (Å²) < 4.78 is 0. The SMILES string of the molecule is CCc1ccc(/C(O)=C2\C(=O)C(=O)N(c3ccc(C)cc3C)C2c2ccc(O)cc2)cc1. The first-order chi connectivity index (χ1) is 15.3. The third-order valence-electron chi connectivity index (χ3n) is 5.90. The maximum atomic E-state index is 13.2. The number of carbonyl (C=O) groups is 2. The summed E-state index contributed by atoms with van der Waals surface area (Å²) in [5.41, 5.74) is 4.73. The molecule has 0 radical (unpaired) electrons. The second-order valence-electron chi connectivity index (χ2n) is 8.10. The van der Waals surface area contributed by atoms with Crippen LogP contribution in [0.5, 0.6) is 5.75 Å². The van der Waals surface area contributed by atoms with Gasteiger partial charge in [-0.25, -0.2) is 0 Å². The molecule has 1 amide bonds. The van der Waals surface area contributed by atoms with E-state index in [2.05, 4.69) is 0 Å². The Hall–Kier alpha value is -3.86. The van der Waals surface area contributed by atoms with Crippen molar-refractivity contribution in [2.45, 2.75) is 33.2 Å². The molecule has 5 heteroatoms. The van der Waals surface area contributed by atoms with Gasteiger partial charge in [-0.3, -0.25) is 14.5 Å². The largest absolute Gasteiger partial charge is 0.508 e. The number of aliphatic hydroxyl groups excluding tert-OH is 1. The predicted octanol–water partition coefficient (Wildman–Crippen LogP) is 5.20. The molecule has 1 heterocycles. The molecular weight excluding hydrogens is 402 g/mol. The fourth-order valence-electron chi connectivity index (χ4n) is 4.18. The summed E-state index contributed by atoms with van der Waals surface area (Å²) >= 11 is 0. The number of phenols is 1. The molecule has 0 aromatic heterocycles. The van der Waals surface area contributed by atoms with Gasteiger partial charge >= 0.3 is 0 Å². The lowest BCUT2D eigenvalue weighted by Crippen LogP contribution is -2.30. The zero-order valence-electron chi connectivity index (χ0n) is 18.3. The Kier molecular flexibility index (Phi) is 5.57. The van der Waals surface area contributed by atoms with Gasteiger partial charge in [0, 0.05) is 11.3 Å². The lowest BCUT2D eigenvalue weighted by atomic mass is 9.94. The van der Waals surface area contributed by atoms with Crippen LogP contribution >= 0.6 is 0 Å². The molecule has 2 N–H and O–H groups in total. The smallest absolute Gasteiger partial charge is 0.300 e. The minimum absolute atomic E-state index is 0.0323. The highest BCUT2D eigenvalue weighted by Gasteiger charge is 2.47. The van der Waals surface area contributed by atoms with Crippen LogP contribution in [0.25, 0.3) is 5.76 Å². The summed E-state index contributed by atoms with van der Waals surface area (Å²) in [6.07, 6.45) is 0.853. The molecule has 1 unspecified atom stereocenters. The summed E-state index contributed by atoms with van der Waals surface area (Å²) in [5, 5.41) is 20.9. The first-order valence-electron chi connectivity index (χ1n) is 10.6. The van der Waals surface area contributed by atoms with Crippen molar-refractivity contribution in [3.63, 3.8) is 0 Å².